The Morgan fingerprint density at radius 2 is 1.78 bits per heavy atom. The number of hydrogen-bond acceptors (Lipinski definition) is 2. The van der Waals surface area contributed by atoms with E-state index in [2.05, 4.69) is 24.1 Å². The summed E-state index contributed by atoms with van der Waals surface area (Å²) >= 11 is 0. The first kappa shape index (κ1) is 14.3. The van der Waals surface area contributed by atoms with E-state index in [1.165, 1.54) is 71.0 Å². The van der Waals surface area contributed by atoms with E-state index in [-0.39, 0.29) is 0 Å². The fourth-order valence-corrected chi connectivity index (χ4v) is 3.90. The first-order valence-electron chi connectivity index (χ1n) is 8.30. The van der Waals surface area contributed by atoms with Crippen LogP contribution in [0.4, 0.5) is 0 Å². The van der Waals surface area contributed by atoms with Gasteiger partial charge in [-0.05, 0) is 38.1 Å². The molecule has 1 heterocycles. The topological polar surface area (TPSA) is 15.3 Å². The van der Waals surface area contributed by atoms with Crippen LogP contribution in [0.1, 0.15) is 65.2 Å². The van der Waals surface area contributed by atoms with Gasteiger partial charge in [0.25, 0.3) is 0 Å². The van der Waals surface area contributed by atoms with Crippen molar-refractivity contribution < 1.29 is 0 Å². The molecule has 1 N–H and O–H groups in total. The molecule has 2 nitrogen and oxygen atoms in total. The van der Waals surface area contributed by atoms with E-state index in [9.17, 15) is 0 Å². The molecule has 0 aromatic heterocycles. The summed E-state index contributed by atoms with van der Waals surface area (Å²) in [6.07, 6.45) is 11.4. The highest BCUT2D eigenvalue weighted by Gasteiger charge is 2.27. The van der Waals surface area contributed by atoms with Crippen molar-refractivity contribution >= 4 is 0 Å². The lowest BCUT2D eigenvalue weighted by Gasteiger charge is -2.40. The Balaban J connectivity index is 1.81. The molecule has 1 saturated heterocycles. The first-order chi connectivity index (χ1) is 8.81. The maximum absolute atomic E-state index is 3.97. The van der Waals surface area contributed by atoms with Crippen LogP contribution in [-0.4, -0.2) is 36.6 Å². The Morgan fingerprint density at radius 3 is 2.44 bits per heavy atom. The molecule has 2 unspecified atom stereocenters. The van der Waals surface area contributed by atoms with Gasteiger partial charge < -0.3 is 10.2 Å². The maximum atomic E-state index is 3.97. The van der Waals surface area contributed by atoms with E-state index in [4.69, 9.17) is 0 Å². The second-order valence-electron chi connectivity index (χ2n) is 6.44. The van der Waals surface area contributed by atoms with Gasteiger partial charge in [-0.1, -0.05) is 39.5 Å². The molecule has 0 bridgehead atoms. The molecule has 0 spiro atoms. The van der Waals surface area contributed by atoms with Crippen molar-refractivity contribution in [3.05, 3.63) is 0 Å². The largest absolute Gasteiger partial charge is 0.310 e. The lowest BCUT2D eigenvalue weighted by molar-refractivity contribution is 0.130. The zero-order valence-corrected chi connectivity index (χ0v) is 12.5. The Bertz CT molecular complexity index is 223. The third kappa shape index (κ3) is 4.24. The molecule has 1 aliphatic carbocycles. The standard InChI is InChI=1S/C16H32N2/c1-3-8-14-11-16(13-18(4-2)12-14)17-15-9-6-5-7-10-15/h14-17H,3-13H2,1-2H3. The summed E-state index contributed by atoms with van der Waals surface area (Å²) in [4.78, 5) is 2.66. The normalized spacial score (nSPS) is 31.7. The molecule has 0 aromatic rings. The van der Waals surface area contributed by atoms with Crippen LogP contribution in [0.5, 0.6) is 0 Å². The van der Waals surface area contributed by atoms with Crippen molar-refractivity contribution in [1.29, 1.82) is 0 Å². The van der Waals surface area contributed by atoms with E-state index < -0.39 is 0 Å². The predicted octanol–water partition coefficient (Wildman–Crippen LogP) is 3.42. The van der Waals surface area contributed by atoms with Gasteiger partial charge in [-0.2, -0.15) is 0 Å². The highest BCUT2D eigenvalue weighted by Crippen LogP contribution is 2.24. The average molecular weight is 252 g/mol. The van der Waals surface area contributed by atoms with Crippen LogP contribution in [0, 0.1) is 5.92 Å². The summed E-state index contributed by atoms with van der Waals surface area (Å²) in [7, 11) is 0. The minimum absolute atomic E-state index is 0.762. The second kappa shape index (κ2) is 7.49. The zero-order valence-electron chi connectivity index (χ0n) is 12.5. The second-order valence-corrected chi connectivity index (χ2v) is 6.44. The maximum Gasteiger partial charge on any atom is 0.0200 e. The lowest BCUT2D eigenvalue weighted by Crippen LogP contribution is -2.52. The summed E-state index contributed by atoms with van der Waals surface area (Å²) < 4.78 is 0. The van der Waals surface area contributed by atoms with Crippen molar-refractivity contribution in [3.8, 4) is 0 Å². The third-order valence-corrected chi connectivity index (χ3v) is 4.83. The SMILES string of the molecule is CCCC1CC(NC2CCCCC2)CN(CC)C1. The Morgan fingerprint density at radius 1 is 1.00 bits per heavy atom. The van der Waals surface area contributed by atoms with E-state index in [1.807, 2.05) is 0 Å². The number of piperidine rings is 1. The minimum Gasteiger partial charge on any atom is -0.310 e. The molecule has 106 valence electrons. The molecule has 0 aromatic carbocycles. The van der Waals surface area contributed by atoms with Crippen LogP contribution >= 0.6 is 0 Å². The number of hydrogen-bond donors (Lipinski definition) is 1. The van der Waals surface area contributed by atoms with Crippen LogP contribution in [0.3, 0.4) is 0 Å². The van der Waals surface area contributed by atoms with Gasteiger partial charge in [0.1, 0.15) is 0 Å². The van der Waals surface area contributed by atoms with E-state index in [0.717, 1.165) is 18.0 Å². The van der Waals surface area contributed by atoms with E-state index >= 15 is 0 Å². The van der Waals surface area contributed by atoms with Crippen LogP contribution in [0.15, 0.2) is 0 Å². The molecule has 18 heavy (non-hydrogen) atoms. The van der Waals surface area contributed by atoms with Crippen molar-refractivity contribution in [2.45, 2.75) is 77.3 Å². The van der Waals surface area contributed by atoms with Crippen LogP contribution < -0.4 is 5.32 Å². The quantitative estimate of drug-likeness (QED) is 0.806. The molecule has 2 heteroatoms. The van der Waals surface area contributed by atoms with Gasteiger partial charge in [0, 0.05) is 25.2 Å². The molecule has 2 fully saturated rings. The van der Waals surface area contributed by atoms with Gasteiger partial charge in [-0.15, -0.1) is 0 Å². The summed E-state index contributed by atoms with van der Waals surface area (Å²) in [6.45, 7) is 8.49. The van der Waals surface area contributed by atoms with Gasteiger partial charge in [0.2, 0.25) is 0 Å². The molecule has 1 saturated carbocycles. The third-order valence-electron chi connectivity index (χ3n) is 4.83. The van der Waals surface area contributed by atoms with Gasteiger partial charge >= 0.3 is 0 Å². The highest BCUT2D eigenvalue weighted by atomic mass is 15.2. The van der Waals surface area contributed by atoms with Crippen molar-refractivity contribution in [3.63, 3.8) is 0 Å². The van der Waals surface area contributed by atoms with Crippen molar-refractivity contribution in [2.24, 2.45) is 5.92 Å². The first-order valence-corrected chi connectivity index (χ1v) is 8.30. The zero-order chi connectivity index (χ0) is 12.8. The fraction of sp³-hybridized carbons (Fsp3) is 1.00. The molecular weight excluding hydrogens is 220 g/mol. The van der Waals surface area contributed by atoms with E-state index in [1.54, 1.807) is 0 Å². The molecule has 2 rings (SSSR count). The molecule has 2 aliphatic rings. The number of nitrogens with zero attached hydrogens (tertiary/aromatic N) is 1. The summed E-state index contributed by atoms with van der Waals surface area (Å²) in [5, 5.41) is 3.97. The van der Waals surface area contributed by atoms with Gasteiger partial charge in [0.15, 0.2) is 0 Å². The highest BCUT2D eigenvalue weighted by molar-refractivity contribution is 4.86. The molecular formula is C16H32N2. The average Bonchev–Trinajstić information content (AvgIpc) is 2.40. The van der Waals surface area contributed by atoms with Crippen LogP contribution in [-0.2, 0) is 0 Å². The Kier molecular flexibility index (Phi) is 5.97. The van der Waals surface area contributed by atoms with Gasteiger partial charge in [-0.25, -0.2) is 0 Å². The Labute approximate surface area is 114 Å². The number of likely N-dealkylation sites (tertiary alicyclic amines) is 1. The summed E-state index contributed by atoms with van der Waals surface area (Å²) in [5.41, 5.74) is 0. The van der Waals surface area contributed by atoms with Gasteiger partial charge in [0.05, 0.1) is 0 Å². The number of likely N-dealkylation sites (N-methyl/N-ethyl adjacent to an activating group) is 1. The molecule has 1 aliphatic heterocycles. The minimum atomic E-state index is 0.762. The smallest absolute Gasteiger partial charge is 0.0200 e. The summed E-state index contributed by atoms with van der Waals surface area (Å²) in [6, 6.07) is 1.58. The van der Waals surface area contributed by atoms with E-state index in [0.29, 0.717) is 0 Å². The lowest BCUT2D eigenvalue weighted by atomic mass is 9.88. The fourth-order valence-electron chi connectivity index (χ4n) is 3.90. The predicted molar refractivity (Wildman–Crippen MR) is 78.9 cm³/mol. The van der Waals surface area contributed by atoms with Gasteiger partial charge in [-0.3, -0.25) is 0 Å². The van der Waals surface area contributed by atoms with Crippen molar-refractivity contribution in [1.82, 2.24) is 10.2 Å². The Hall–Kier alpha value is -0.0800. The summed E-state index contributed by atoms with van der Waals surface area (Å²) in [5.74, 6) is 0.935. The molecule has 0 amide bonds. The number of rotatable bonds is 5. The van der Waals surface area contributed by atoms with Crippen LogP contribution in [0.2, 0.25) is 0 Å². The molecule has 2 atom stereocenters. The number of nitrogens with one attached hydrogen (secondary N) is 1. The van der Waals surface area contributed by atoms with Crippen molar-refractivity contribution in [2.75, 3.05) is 19.6 Å². The monoisotopic (exact) mass is 252 g/mol. The molecule has 0 radical (unpaired) electrons. The van der Waals surface area contributed by atoms with Crippen LogP contribution in [0.25, 0.3) is 0 Å².